The van der Waals surface area contributed by atoms with Gasteiger partial charge in [-0.05, 0) is 26.7 Å². The van der Waals surface area contributed by atoms with Gasteiger partial charge in [0.2, 0.25) is 17.4 Å². The summed E-state index contributed by atoms with van der Waals surface area (Å²) in [5.74, 6) is -6.34. The van der Waals surface area contributed by atoms with E-state index < -0.39 is 29.3 Å². The van der Waals surface area contributed by atoms with Crippen LogP contribution in [0.1, 0.15) is 71.6 Å². The Morgan fingerprint density at radius 1 is 0.731 bits per heavy atom. The maximum Gasteiger partial charge on any atom is 0.303 e. The highest BCUT2D eigenvalue weighted by Gasteiger charge is 2.46. The second-order valence-corrected chi connectivity index (χ2v) is 7.03. The molecule has 10 nitrogen and oxygen atoms in total. The van der Waals surface area contributed by atoms with E-state index in [1.54, 1.807) is 0 Å². The van der Waals surface area contributed by atoms with Gasteiger partial charge in [0.1, 0.15) is 0 Å². The van der Waals surface area contributed by atoms with Crippen LogP contribution >= 0.6 is 0 Å². The van der Waals surface area contributed by atoms with Crippen LogP contribution in [0.5, 0.6) is 0 Å². The number of hydrogen-bond donors (Lipinski definition) is 2. The highest BCUT2D eigenvalue weighted by atomic mass is 17.4. The third-order valence-corrected chi connectivity index (χ3v) is 4.34. The third-order valence-electron chi connectivity index (χ3n) is 4.34. The summed E-state index contributed by atoms with van der Waals surface area (Å²) in [5, 5.41) is 17.8. The Labute approximate surface area is 151 Å². The van der Waals surface area contributed by atoms with Crippen LogP contribution in [0.2, 0.25) is 0 Å². The normalized spacial score (nSPS) is 32.4. The smallest absolute Gasteiger partial charge is 0.303 e. The van der Waals surface area contributed by atoms with Gasteiger partial charge in [-0.2, -0.15) is 29.3 Å². The summed E-state index contributed by atoms with van der Waals surface area (Å²) in [5.41, 5.74) is 0. The van der Waals surface area contributed by atoms with Crippen molar-refractivity contribution in [2.45, 2.75) is 89.0 Å². The van der Waals surface area contributed by atoms with Crippen molar-refractivity contribution in [3.05, 3.63) is 0 Å². The number of aliphatic carboxylic acids is 2. The zero-order valence-electron chi connectivity index (χ0n) is 15.0. The zero-order chi connectivity index (χ0) is 19.3. The molecule has 1 aliphatic heterocycles. The lowest BCUT2D eigenvalue weighted by Crippen LogP contribution is -2.42. The van der Waals surface area contributed by atoms with E-state index in [0.29, 0.717) is 12.8 Å². The highest BCUT2D eigenvalue weighted by Crippen LogP contribution is 2.39. The maximum atomic E-state index is 10.9. The molecule has 0 radical (unpaired) electrons. The van der Waals surface area contributed by atoms with Gasteiger partial charge in [0.15, 0.2) is 0 Å². The minimum atomic E-state index is -1.54. The molecule has 150 valence electrons. The molecule has 2 fully saturated rings. The molecule has 2 unspecified atom stereocenters. The summed E-state index contributed by atoms with van der Waals surface area (Å²) >= 11 is 0. The van der Waals surface area contributed by atoms with Crippen LogP contribution in [-0.2, 0) is 38.9 Å². The molecule has 1 saturated heterocycles. The van der Waals surface area contributed by atoms with Gasteiger partial charge in [-0.15, -0.1) is 0 Å². The van der Waals surface area contributed by atoms with Gasteiger partial charge < -0.3 is 10.2 Å². The molecule has 2 N–H and O–H groups in total. The van der Waals surface area contributed by atoms with Crippen LogP contribution in [0, 0.1) is 0 Å². The third kappa shape index (κ3) is 6.15. The first-order chi connectivity index (χ1) is 12.2. The summed E-state index contributed by atoms with van der Waals surface area (Å²) in [4.78, 5) is 54.1. The summed E-state index contributed by atoms with van der Waals surface area (Å²) in [7, 11) is 0. The molecule has 1 aliphatic carbocycles. The van der Waals surface area contributed by atoms with E-state index in [9.17, 15) is 9.59 Å². The first-order valence-electron chi connectivity index (χ1n) is 8.70. The quantitative estimate of drug-likeness (QED) is 0.665. The van der Waals surface area contributed by atoms with Gasteiger partial charge in [0.05, 0.1) is 12.8 Å². The fourth-order valence-electron chi connectivity index (χ4n) is 2.64. The molecule has 2 atom stereocenters. The topological polar surface area (TPSA) is 130 Å². The SMILES string of the molecule is CC1(CCC(=O)O)OOC(C)(CCC(=O)O)OOC2(CCCCC2)OO1. The van der Waals surface area contributed by atoms with Crippen LogP contribution in [0.15, 0.2) is 0 Å². The second-order valence-electron chi connectivity index (χ2n) is 7.03. The minimum Gasteiger partial charge on any atom is -0.481 e. The lowest BCUT2D eigenvalue weighted by atomic mass is 9.94. The van der Waals surface area contributed by atoms with Crippen molar-refractivity contribution in [1.82, 2.24) is 0 Å². The van der Waals surface area contributed by atoms with E-state index in [-0.39, 0.29) is 25.7 Å². The molecule has 0 aromatic carbocycles. The monoisotopic (exact) mass is 378 g/mol. The van der Waals surface area contributed by atoms with Crippen molar-refractivity contribution in [1.29, 1.82) is 0 Å². The van der Waals surface area contributed by atoms with Gasteiger partial charge in [0.25, 0.3) is 0 Å². The largest absolute Gasteiger partial charge is 0.481 e. The van der Waals surface area contributed by atoms with Crippen LogP contribution < -0.4 is 0 Å². The molecule has 2 rings (SSSR count). The fraction of sp³-hybridized carbons (Fsp3) is 0.875. The van der Waals surface area contributed by atoms with Crippen LogP contribution in [0.4, 0.5) is 0 Å². The van der Waals surface area contributed by atoms with Crippen molar-refractivity contribution < 1.29 is 49.1 Å². The van der Waals surface area contributed by atoms with Crippen molar-refractivity contribution in [3.8, 4) is 0 Å². The van der Waals surface area contributed by atoms with Gasteiger partial charge >= 0.3 is 11.9 Å². The summed E-state index contributed by atoms with van der Waals surface area (Å²) in [6.45, 7) is 2.94. The number of carbonyl (C=O) groups is 2. The first kappa shape index (κ1) is 21.0. The van der Waals surface area contributed by atoms with E-state index in [0.717, 1.165) is 19.3 Å². The molecule has 0 bridgehead atoms. The Kier molecular flexibility index (Phi) is 6.94. The Bertz CT molecular complexity index is 465. The fourth-order valence-corrected chi connectivity index (χ4v) is 2.64. The number of hydrogen-bond acceptors (Lipinski definition) is 8. The van der Waals surface area contributed by atoms with Gasteiger partial charge in [0, 0.05) is 25.7 Å². The summed E-state index contributed by atoms with van der Waals surface area (Å²) in [6, 6.07) is 0. The molecule has 26 heavy (non-hydrogen) atoms. The number of carboxylic acids is 2. The molecular formula is C16H26O10. The average molecular weight is 378 g/mol. The van der Waals surface area contributed by atoms with Gasteiger partial charge in [-0.25, -0.2) is 0 Å². The Balaban J connectivity index is 2.17. The lowest BCUT2D eigenvalue weighted by molar-refractivity contribution is -0.551. The number of carboxylic acid groups (broad SMARTS) is 2. The summed E-state index contributed by atoms with van der Waals surface area (Å²) < 4.78 is 0. The molecule has 1 spiro atoms. The Hall–Kier alpha value is -1.30. The van der Waals surface area contributed by atoms with E-state index >= 15 is 0 Å². The second kappa shape index (κ2) is 8.59. The maximum absolute atomic E-state index is 10.9. The van der Waals surface area contributed by atoms with Crippen molar-refractivity contribution in [2.24, 2.45) is 0 Å². The molecule has 1 saturated carbocycles. The highest BCUT2D eigenvalue weighted by molar-refractivity contribution is 5.67. The van der Waals surface area contributed by atoms with Crippen molar-refractivity contribution >= 4 is 11.9 Å². The molecule has 0 aromatic rings. The first-order valence-corrected chi connectivity index (χ1v) is 8.70. The molecule has 0 amide bonds. The van der Waals surface area contributed by atoms with Crippen LogP contribution in [-0.4, -0.2) is 39.5 Å². The molecule has 0 aromatic heterocycles. The molecule has 10 heteroatoms. The number of rotatable bonds is 6. The van der Waals surface area contributed by atoms with Crippen LogP contribution in [0.3, 0.4) is 0 Å². The van der Waals surface area contributed by atoms with E-state index in [2.05, 4.69) is 0 Å². The molecular weight excluding hydrogens is 352 g/mol. The average Bonchev–Trinajstić information content (AvgIpc) is 2.65. The summed E-state index contributed by atoms with van der Waals surface area (Å²) in [6.07, 6.45) is 3.04. The zero-order valence-corrected chi connectivity index (χ0v) is 15.0. The van der Waals surface area contributed by atoms with E-state index in [1.165, 1.54) is 13.8 Å². The predicted molar refractivity (Wildman–Crippen MR) is 82.9 cm³/mol. The van der Waals surface area contributed by atoms with Gasteiger partial charge in [-0.1, -0.05) is 6.42 Å². The lowest BCUT2D eigenvalue weighted by Gasteiger charge is -2.35. The standard InChI is InChI=1S/C16H26O10/c1-14(10-6-12(17)18)21-22-15(2,11-7-13(19)20)24-26-16(25-23-14)8-4-3-5-9-16/h3-11H2,1-2H3,(H,17,18)(H,19,20). The Morgan fingerprint density at radius 3 is 1.50 bits per heavy atom. The van der Waals surface area contributed by atoms with Crippen molar-refractivity contribution in [3.63, 3.8) is 0 Å². The minimum absolute atomic E-state index is 0.0621. The van der Waals surface area contributed by atoms with Crippen molar-refractivity contribution in [2.75, 3.05) is 0 Å². The molecule has 1 heterocycles. The molecule has 2 aliphatic rings. The van der Waals surface area contributed by atoms with Gasteiger partial charge in [-0.3, -0.25) is 9.59 Å². The van der Waals surface area contributed by atoms with E-state index in [1.807, 2.05) is 0 Å². The van der Waals surface area contributed by atoms with Crippen LogP contribution in [0.25, 0.3) is 0 Å². The predicted octanol–water partition coefficient (Wildman–Crippen LogP) is 2.67. The van der Waals surface area contributed by atoms with E-state index in [4.69, 9.17) is 39.5 Å². The Morgan fingerprint density at radius 2 is 1.12 bits per heavy atom.